The molecule has 0 unspecified atom stereocenters. The molecule has 1 N–H and O–H groups in total. The molecule has 0 radical (unpaired) electrons. The van der Waals surface area contributed by atoms with Crippen LogP contribution in [0.15, 0.2) is 18.2 Å². The van der Waals surface area contributed by atoms with E-state index in [2.05, 4.69) is 10.2 Å². The van der Waals surface area contributed by atoms with Crippen LogP contribution in [0.4, 0.5) is 11.4 Å². The minimum atomic E-state index is -0.222. The predicted octanol–water partition coefficient (Wildman–Crippen LogP) is 1.71. The van der Waals surface area contributed by atoms with Crippen molar-refractivity contribution in [1.29, 1.82) is 0 Å². The van der Waals surface area contributed by atoms with Crippen LogP contribution in [0, 0.1) is 0 Å². The molecule has 0 atom stereocenters. The van der Waals surface area contributed by atoms with Crippen LogP contribution in [0.1, 0.15) is 0 Å². The van der Waals surface area contributed by atoms with E-state index in [1.165, 1.54) is 0 Å². The van der Waals surface area contributed by atoms with E-state index in [0.717, 1.165) is 24.5 Å². The molecular weight excluding hydrogens is 268 g/mol. The lowest BCUT2D eigenvalue weighted by Gasteiger charge is -2.30. The molecule has 1 aromatic carbocycles. The number of ether oxygens (including phenoxy) is 2. The van der Waals surface area contributed by atoms with Gasteiger partial charge < -0.3 is 19.7 Å². The molecule has 2 rings (SSSR count). The van der Waals surface area contributed by atoms with Crippen LogP contribution in [0.5, 0.6) is 5.75 Å². The molecule has 1 aliphatic heterocycles. The fourth-order valence-electron chi connectivity index (χ4n) is 2.01. The summed E-state index contributed by atoms with van der Waals surface area (Å²) < 4.78 is 10.7. The molecule has 1 aromatic rings. The van der Waals surface area contributed by atoms with Gasteiger partial charge in [0.2, 0.25) is 5.91 Å². The van der Waals surface area contributed by atoms with Crippen molar-refractivity contribution >= 4 is 28.9 Å². The number of rotatable bonds is 4. The van der Waals surface area contributed by atoms with Gasteiger partial charge in [-0.25, -0.2) is 0 Å². The smallest absolute Gasteiger partial charge is 0.239 e. The zero-order chi connectivity index (χ0) is 13.7. The van der Waals surface area contributed by atoms with Gasteiger partial charge in [-0.3, -0.25) is 4.79 Å². The first-order valence-electron chi connectivity index (χ1n) is 6.11. The highest BCUT2D eigenvalue weighted by molar-refractivity contribution is 6.29. The lowest BCUT2D eigenvalue weighted by molar-refractivity contribution is -0.113. The third-order valence-corrected chi connectivity index (χ3v) is 3.18. The molecule has 1 saturated heterocycles. The highest BCUT2D eigenvalue weighted by Crippen LogP contribution is 2.31. The Morgan fingerprint density at radius 2 is 2.21 bits per heavy atom. The van der Waals surface area contributed by atoms with Crippen molar-refractivity contribution in [3.8, 4) is 5.75 Å². The number of anilines is 2. The Hall–Kier alpha value is -1.46. The Morgan fingerprint density at radius 1 is 1.47 bits per heavy atom. The van der Waals surface area contributed by atoms with Gasteiger partial charge in [-0.05, 0) is 18.2 Å². The second kappa shape index (κ2) is 6.63. The first-order valence-corrected chi connectivity index (χ1v) is 6.64. The minimum absolute atomic E-state index is 0.0566. The summed E-state index contributed by atoms with van der Waals surface area (Å²) in [7, 11) is 1.64. The van der Waals surface area contributed by atoms with Crippen molar-refractivity contribution in [3.05, 3.63) is 18.2 Å². The maximum absolute atomic E-state index is 11.3. The van der Waals surface area contributed by atoms with Gasteiger partial charge in [-0.1, -0.05) is 0 Å². The Kier molecular flexibility index (Phi) is 4.87. The zero-order valence-electron chi connectivity index (χ0n) is 10.8. The van der Waals surface area contributed by atoms with Crippen molar-refractivity contribution in [3.63, 3.8) is 0 Å². The van der Waals surface area contributed by atoms with E-state index < -0.39 is 0 Å². The highest BCUT2D eigenvalue weighted by Gasteiger charge is 2.16. The number of halogens is 1. The van der Waals surface area contributed by atoms with Gasteiger partial charge in [-0.2, -0.15) is 0 Å². The van der Waals surface area contributed by atoms with E-state index in [1.54, 1.807) is 13.2 Å². The summed E-state index contributed by atoms with van der Waals surface area (Å²) >= 11 is 5.49. The van der Waals surface area contributed by atoms with E-state index >= 15 is 0 Å². The van der Waals surface area contributed by atoms with Crippen LogP contribution >= 0.6 is 11.6 Å². The lowest BCUT2D eigenvalue weighted by Crippen LogP contribution is -2.36. The summed E-state index contributed by atoms with van der Waals surface area (Å²) in [5.74, 6) is 0.504. The minimum Gasteiger partial charge on any atom is -0.495 e. The molecule has 0 bridgehead atoms. The van der Waals surface area contributed by atoms with Gasteiger partial charge in [0.05, 0.1) is 26.0 Å². The van der Waals surface area contributed by atoms with E-state index in [4.69, 9.17) is 21.1 Å². The van der Waals surface area contributed by atoms with E-state index in [-0.39, 0.29) is 11.8 Å². The third kappa shape index (κ3) is 3.52. The van der Waals surface area contributed by atoms with Gasteiger partial charge >= 0.3 is 0 Å². The average molecular weight is 285 g/mol. The van der Waals surface area contributed by atoms with Crippen LogP contribution in [-0.4, -0.2) is 45.2 Å². The molecule has 19 heavy (non-hydrogen) atoms. The molecule has 1 fully saturated rings. The summed E-state index contributed by atoms with van der Waals surface area (Å²) in [5.41, 5.74) is 1.67. The number of benzene rings is 1. The number of nitrogens with one attached hydrogen (secondary N) is 1. The molecule has 0 saturated carbocycles. The third-order valence-electron chi connectivity index (χ3n) is 2.94. The maximum atomic E-state index is 11.3. The quantitative estimate of drug-likeness (QED) is 0.855. The second-order valence-electron chi connectivity index (χ2n) is 4.17. The second-order valence-corrected chi connectivity index (χ2v) is 4.44. The molecule has 1 heterocycles. The summed E-state index contributed by atoms with van der Waals surface area (Å²) in [6.45, 7) is 3.01. The average Bonchev–Trinajstić information content (AvgIpc) is 2.48. The number of methoxy groups -OCH3 is 1. The van der Waals surface area contributed by atoms with Gasteiger partial charge in [0.25, 0.3) is 0 Å². The standard InChI is InChI=1S/C13H17ClN2O3/c1-18-12-3-2-10(15-13(17)9-14)8-11(12)16-4-6-19-7-5-16/h2-3,8H,4-7,9H2,1H3,(H,15,17). The van der Waals surface area contributed by atoms with Crippen LogP contribution < -0.4 is 15.0 Å². The molecule has 0 spiro atoms. The summed E-state index contributed by atoms with van der Waals surface area (Å²) in [4.78, 5) is 13.5. The zero-order valence-corrected chi connectivity index (χ0v) is 11.6. The van der Waals surface area contributed by atoms with Crippen molar-refractivity contribution < 1.29 is 14.3 Å². The summed E-state index contributed by atoms with van der Waals surface area (Å²) in [6.07, 6.45) is 0. The van der Waals surface area contributed by atoms with Crippen LogP contribution in [0.2, 0.25) is 0 Å². The first kappa shape index (κ1) is 14.0. The maximum Gasteiger partial charge on any atom is 0.239 e. The van der Waals surface area contributed by atoms with Crippen molar-refractivity contribution in [2.75, 3.05) is 49.5 Å². The number of hydrogen-bond acceptors (Lipinski definition) is 4. The fourth-order valence-corrected chi connectivity index (χ4v) is 2.08. The SMILES string of the molecule is COc1ccc(NC(=O)CCl)cc1N1CCOCC1. The van der Waals surface area contributed by atoms with Gasteiger partial charge in [0.1, 0.15) is 11.6 Å². The monoisotopic (exact) mass is 284 g/mol. The van der Waals surface area contributed by atoms with Gasteiger partial charge in [-0.15, -0.1) is 11.6 Å². The Labute approximate surface area is 117 Å². The largest absolute Gasteiger partial charge is 0.495 e. The molecule has 1 aliphatic rings. The van der Waals surface area contributed by atoms with Gasteiger partial charge in [0, 0.05) is 18.8 Å². The number of carbonyl (C=O) groups excluding carboxylic acids is 1. The number of nitrogens with zero attached hydrogens (tertiary/aromatic N) is 1. The molecule has 5 nitrogen and oxygen atoms in total. The molecule has 104 valence electrons. The number of amides is 1. The number of morpholine rings is 1. The Bertz CT molecular complexity index is 448. The summed E-state index contributed by atoms with van der Waals surface area (Å²) in [6, 6.07) is 5.54. The van der Waals surface area contributed by atoms with E-state index in [0.29, 0.717) is 18.9 Å². The molecule has 6 heteroatoms. The molecule has 1 amide bonds. The Morgan fingerprint density at radius 3 is 2.84 bits per heavy atom. The topological polar surface area (TPSA) is 50.8 Å². The van der Waals surface area contributed by atoms with E-state index in [9.17, 15) is 4.79 Å². The molecular formula is C13H17ClN2O3. The van der Waals surface area contributed by atoms with Crippen molar-refractivity contribution in [1.82, 2.24) is 0 Å². The van der Waals surface area contributed by atoms with Crippen molar-refractivity contribution in [2.24, 2.45) is 0 Å². The van der Waals surface area contributed by atoms with E-state index in [1.807, 2.05) is 12.1 Å². The van der Waals surface area contributed by atoms with Crippen LogP contribution in [-0.2, 0) is 9.53 Å². The number of hydrogen-bond donors (Lipinski definition) is 1. The Balaban J connectivity index is 2.22. The molecule has 0 aliphatic carbocycles. The lowest BCUT2D eigenvalue weighted by atomic mass is 10.2. The normalized spacial score (nSPS) is 15.2. The van der Waals surface area contributed by atoms with Crippen LogP contribution in [0.3, 0.4) is 0 Å². The van der Waals surface area contributed by atoms with Crippen molar-refractivity contribution in [2.45, 2.75) is 0 Å². The highest BCUT2D eigenvalue weighted by atomic mass is 35.5. The first-order chi connectivity index (χ1) is 9.24. The molecule has 0 aromatic heterocycles. The predicted molar refractivity (Wildman–Crippen MR) is 75.4 cm³/mol. The van der Waals surface area contributed by atoms with Crippen LogP contribution in [0.25, 0.3) is 0 Å². The number of alkyl halides is 1. The summed E-state index contributed by atoms with van der Waals surface area (Å²) in [5, 5.41) is 2.74. The van der Waals surface area contributed by atoms with Gasteiger partial charge in [0.15, 0.2) is 0 Å². The number of carbonyl (C=O) groups is 1. The fraction of sp³-hybridized carbons (Fsp3) is 0.462.